The highest BCUT2D eigenvalue weighted by Gasteiger charge is 2.13. The van der Waals surface area contributed by atoms with Crippen molar-refractivity contribution in [2.24, 2.45) is 5.73 Å². The number of hydrogen-bond donors (Lipinski definition) is 3. The Balaban J connectivity index is 1.77. The molecule has 0 spiro atoms. The zero-order chi connectivity index (χ0) is 16.2. The average molecular weight is 328 g/mol. The zero-order valence-corrected chi connectivity index (χ0v) is 13.3. The molecule has 23 heavy (non-hydrogen) atoms. The van der Waals surface area contributed by atoms with Gasteiger partial charge < -0.3 is 16.4 Å². The summed E-state index contributed by atoms with van der Waals surface area (Å²) in [5.74, 6) is 0.551. The van der Waals surface area contributed by atoms with E-state index in [9.17, 15) is 4.79 Å². The van der Waals surface area contributed by atoms with Crippen LogP contribution in [0.1, 0.15) is 13.3 Å². The largest absolute Gasteiger partial charge is 0.368 e. The highest BCUT2D eigenvalue weighted by molar-refractivity contribution is 7.16. The maximum absolute atomic E-state index is 11.3. The summed E-state index contributed by atoms with van der Waals surface area (Å²) in [7, 11) is 0. The minimum absolute atomic E-state index is 0.357. The SMILES string of the molecule is CC[C@@H](Nc1nccc(Nc2ccc3scnc3c2)n1)C(N)=O. The van der Waals surface area contributed by atoms with Gasteiger partial charge in [-0.3, -0.25) is 4.79 Å². The molecule has 7 nitrogen and oxygen atoms in total. The molecule has 0 aliphatic carbocycles. The highest BCUT2D eigenvalue weighted by atomic mass is 32.1. The number of anilines is 3. The van der Waals surface area contributed by atoms with Gasteiger partial charge in [0.1, 0.15) is 11.9 Å². The first-order valence-corrected chi connectivity index (χ1v) is 8.03. The number of nitrogens with zero attached hydrogens (tertiary/aromatic N) is 3. The monoisotopic (exact) mass is 328 g/mol. The topological polar surface area (TPSA) is 106 Å². The zero-order valence-electron chi connectivity index (χ0n) is 12.5. The fourth-order valence-corrected chi connectivity index (χ4v) is 2.77. The van der Waals surface area contributed by atoms with Crippen LogP contribution in [0.15, 0.2) is 36.0 Å². The third kappa shape index (κ3) is 3.54. The van der Waals surface area contributed by atoms with Gasteiger partial charge >= 0.3 is 0 Å². The van der Waals surface area contributed by atoms with Gasteiger partial charge in [-0.15, -0.1) is 11.3 Å². The average Bonchev–Trinajstić information content (AvgIpc) is 3.00. The summed E-state index contributed by atoms with van der Waals surface area (Å²) in [5.41, 5.74) is 8.96. The highest BCUT2D eigenvalue weighted by Crippen LogP contribution is 2.23. The van der Waals surface area contributed by atoms with Gasteiger partial charge in [-0.1, -0.05) is 6.92 Å². The van der Waals surface area contributed by atoms with E-state index in [1.165, 1.54) is 0 Å². The Morgan fingerprint density at radius 1 is 1.35 bits per heavy atom. The summed E-state index contributed by atoms with van der Waals surface area (Å²) in [4.78, 5) is 24.0. The molecule has 0 aliphatic heterocycles. The number of fused-ring (bicyclic) bond motifs is 1. The number of carbonyl (C=O) groups excluding carboxylic acids is 1. The van der Waals surface area contributed by atoms with Crippen LogP contribution in [0.25, 0.3) is 10.2 Å². The number of hydrogen-bond acceptors (Lipinski definition) is 7. The molecule has 0 aliphatic rings. The molecule has 3 rings (SSSR count). The standard InChI is InChI=1S/C15H16N6OS/c1-2-10(14(16)22)20-15-17-6-5-13(21-15)19-9-3-4-12-11(7-9)18-8-23-12/h3-8,10H,2H2,1H3,(H2,16,22)(H2,17,19,20,21)/t10-/m1/s1. The molecular weight excluding hydrogens is 312 g/mol. The van der Waals surface area contributed by atoms with E-state index in [2.05, 4.69) is 25.6 Å². The molecule has 8 heteroatoms. The second-order valence-electron chi connectivity index (χ2n) is 4.93. The molecule has 2 aromatic heterocycles. The lowest BCUT2D eigenvalue weighted by atomic mass is 10.2. The Bertz CT molecular complexity index is 833. The molecule has 0 radical (unpaired) electrons. The van der Waals surface area contributed by atoms with E-state index in [0.29, 0.717) is 18.2 Å². The Morgan fingerprint density at radius 2 is 2.22 bits per heavy atom. The Labute approximate surface area is 137 Å². The third-order valence-corrected chi connectivity index (χ3v) is 4.12. The summed E-state index contributed by atoms with van der Waals surface area (Å²) in [6.07, 6.45) is 2.18. The fourth-order valence-electron chi connectivity index (χ4n) is 2.11. The number of benzene rings is 1. The molecule has 4 N–H and O–H groups in total. The lowest BCUT2D eigenvalue weighted by Crippen LogP contribution is -2.35. The second-order valence-corrected chi connectivity index (χ2v) is 5.82. The molecule has 1 amide bonds. The van der Waals surface area contributed by atoms with Crippen molar-refractivity contribution in [1.82, 2.24) is 15.0 Å². The van der Waals surface area contributed by atoms with Crippen molar-refractivity contribution in [2.45, 2.75) is 19.4 Å². The van der Waals surface area contributed by atoms with Gasteiger partial charge in [0, 0.05) is 11.9 Å². The van der Waals surface area contributed by atoms with E-state index in [1.807, 2.05) is 30.6 Å². The van der Waals surface area contributed by atoms with E-state index in [4.69, 9.17) is 5.73 Å². The second kappa shape index (κ2) is 6.57. The first-order chi connectivity index (χ1) is 11.2. The predicted molar refractivity (Wildman–Crippen MR) is 91.8 cm³/mol. The lowest BCUT2D eigenvalue weighted by molar-refractivity contribution is -0.118. The summed E-state index contributed by atoms with van der Waals surface area (Å²) < 4.78 is 1.13. The van der Waals surface area contributed by atoms with Crippen LogP contribution in [0.3, 0.4) is 0 Å². The van der Waals surface area contributed by atoms with E-state index in [0.717, 1.165) is 15.9 Å². The number of thiazole rings is 1. The Hall–Kier alpha value is -2.74. The number of amides is 1. The van der Waals surface area contributed by atoms with Gasteiger partial charge in [0.05, 0.1) is 15.7 Å². The van der Waals surface area contributed by atoms with Gasteiger partial charge in [-0.05, 0) is 30.7 Å². The van der Waals surface area contributed by atoms with Crippen LogP contribution in [0, 0.1) is 0 Å². The van der Waals surface area contributed by atoms with Crippen molar-refractivity contribution in [3.63, 3.8) is 0 Å². The molecule has 3 aromatic rings. The number of nitrogens with one attached hydrogen (secondary N) is 2. The number of carbonyl (C=O) groups is 1. The Morgan fingerprint density at radius 3 is 3.00 bits per heavy atom. The van der Waals surface area contributed by atoms with Crippen molar-refractivity contribution < 1.29 is 4.79 Å². The normalized spacial score (nSPS) is 12.0. The van der Waals surface area contributed by atoms with Crippen molar-refractivity contribution in [1.29, 1.82) is 0 Å². The molecule has 118 valence electrons. The van der Waals surface area contributed by atoms with Crippen LogP contribution in [0.2, 0.25) is 0 Å². The van der Waals surface area contributed by atoms with Crippen LogP contribution in [0.5, 0.6) is 0 Å². The summed E-state index contributed by atoms with van der Waals surface area (Å²) in [5, 5.41) is 6.14. The molecule has 1 atom stereocenters. The third-order valence-electron chi connectivity index (χ3n) is 3.31. The van der Waals surface area contributed by atoms with Crippen LogP contribution < -0.4 is 16.4 Å². The fraction of sp³-hybridized carbons (Fsp3) is 0.200. The molecule has 1 aromatic carbocycles. The van der Waals surface area contributed by atoms with Crippen molar-refractivity contribution >= 4 is 44.9 Å². The molecule has 0 bridgehead atoms. The lowest BCUT2D eigenvalue weighted by Gasteiger charge is -2.13. The van der Waals surface area contributed by atoms with E-state index >= 15 is 0 Å². The minimum atomic E-state index is -0.489. The summed E-state index contributed by atoms with van der Waals surface area (Å²) >= 11 is 1.60. The Kier molecular flexibility index (Phi) is 4.33. The first kappa shape index (κ1) is 15.2. The number of nitrogens with two attached hydrogens (primary N) is 1. The molecule has 0 saturated heterocycles. The maximum Gasteiger partial charge on any atom is 0.239 e. The predicted octanol–water partition coefficient (Wildman–Crippen LogP) is 2.51. The minimum Gasteiger partial charge on any atom is -0.368 e. The van der Waals surface area contributed by atoms with Gasteiger partial charge in [0.15, 0.2) is 0 Å². The van der Waals surface area contributed by atoms with E-state index in [-0.39, 0.29) is 0 Å². The van der Waals surface area contributed by atoms with Crippen LogP contribution in [-0.4, -0.2) is 26.9 Å². The van der Waals surface area contributed by atoms with Crippen LogP contribution >= 0.6 is 11.3 Å². The van der Waals surface area contributed by atoms with Crippen LogP contribution in [-0.2, 0) is 4.79 Å². The molecule has 0 unspecified atom stereocenters. The van der Waals surface area contributed by atoms with E-state index < -0.39 is 11.9 Å². The first-order valence-electron chi connectivity index (χ1n) is 7.15. The molecule has 0 saturated carbocycles. The summed E-state index contributed by atoms with van der Waals surface area (Å²) in [6.45, 7) is 1.87. The number of aromatic nitrogens is 3. The molecule has 0 fully saturated rings. The quantitative estimate of drug-likeness (QED) is 0.642. The van der Waals surface area contributed by atoms with Crippen LogP contribution in [0.4, 0.5) is 17.5 Å². The van der Waals surface area contributed by atoms with Gasteiger partial charge in [-0.2, -0.15) is 4.98 Å². The number of rotatable bonds is 6. The van der Waals surface area contributed by atoms with Crippen molar-refractivity contribution in [3.8, 4) is 0 Å². The molecule has 2 heterocycles. The maximum atomic E-state index is 11.3. The van der Waals surface area contributed by atoms with Crippen molar-refractivity contribution in [2.75, 3.05) is 10.6 Å². The van der Waals surface area contributed by atoms with Gasteiger partial charge in [0.2, 0.25) is 11.9 Å². The summed E-state index contributed by atoms with van der Waals surface area (Å²) in [6, 6.07) is 7.20. The van der Waals surface area contributed by atoms with Gasteiger partial charge in [-0.25, -0.2) is 9.97 Å². The van der Waals surface area contributed by atoms with Gasteiger partial charge in [0.25, 0.3) is 0 Å². The van der Waals surface area contributed by atoms with Crippen molar-refractivity contribution in [3.05, 3.63) is 36.0 Å². The number of primary amides is 1. The molecular formula is C15H16N6OS. The van der Waals surface area contributed by atoms with E-state index in [1.54, 1.807) is 23.6 Å². The smallest absolute Gasteiger partial charge is 0.239 e.